The van der Waals surface area contributed by atoms with Gasteiger partial charge in [-0.2, -0.15) is 0 Å². The highest BCUT2D eigenvalue weighted by Crippen LogP contribution is 2.25. The Morgan fingerprint density at radius 1 is 0.892 bits per heavy atom. The number of benzene rings is 2. The zero-order valence-corrected chi connectivity index (χ0v) is 22.8. The minimum absolute atomic E-state index is 0.0169. The summed E-state index contributed by atoms with van der Waals surface area (Å²) in [6.07, 6.45) is 9.53. The Balaban J connectivity index is 1.26. The summed E-state index contributed by atoms with van der Waals surface area (Å²) in [7, 11) is -3.03. The summed E-state index contributed by atoms with van der Waals surface area (Å²) in [5, 5.41) is 3.08. The Morgan fingerprint density at radius 2 is 1.57 bits per heavy atom. The molecule has 6 nitrogen and oxygen atoms in total. The Morgan fingerprint density at radius 3 is 2.27 bits per heavy atom. The molecule has 0 spiro atoms. The van der Waals surface area contributed by atoms with Gasteiger partial charge in [0.25, 0.3) is 0 Å². The van der Waals surface area contributed by atoms with E-state index in [1.54, 1.807) is 0 Å². The van der Waals surface area contributed by atoms with Gasteiger partial charge in [-0.3, -0.25) is 4.79 Å². The zero-order chi connectivity index (χ0) is 25.9. The topological polar surface area (TPSA) is 75.7 Å². The Labute approximate surface area is 222 Å². The van der Waals surface area contributed by atoms with E-state index >= 15 is 0 Å². The molecule has 1 amide bonds. The van der Waals surface area contributed by atoms with E-state index in [2.05, 4.69) is 22.3 Å². The van der Waals surface area contributed by atoms with Crippen LogP contribution in [0.15, 0.2) is 54.6 Å². The lowest BCUT2D eigenvalue weighted by atomic mass is 10.0. The van der Waals surface area contributed by atoms with Crippen LogP contribution in [0.5, 0.6) is 11.5 Å². The Bertz CT molecular complexity index is 1060. The first kappa shape index (κ1) is 27.6. The number of sulfone groups is 1. The highest BCUT2D eigenvalue weighted by molar-refractivity contribution is 7.92. The van der Waals surface area contributed by atoms with Gasteiger partial charge in [0, 0.05) is 19.0 Å². The molecule has 0 aromatic heterocycles. The van der Waals surface area contributed by atoms with Crippen molar-refractivity contribution < 1.29 is 17.9 Å². The van der Waals surface area contributed by atoms with Gasteiger partial charge in [0.05, 0.1) is 11.0 Å². The van der Waals surface area contributed by atoms with Gasteiger partial charge in [-0.05, 0) is 87.9 Å². The highest BCUT2D eigenvalue weighted by Gasteiger charge is 2.26. The van der Waals surface area contributed by atoms with E-state index in [0.29, 0.717) is 19.3 Å². The van der Waals surface area contributed by atoms with Crippen molar-refractivity contribution >= 4 is 15.7 Å². The largest absolute Gasteiger partial charge is 0.457 e. The number of carbonyl (C=O) groups is 1. The van der Waals surface area contributed by atoms with Crippen LogP contribution in [0.1, 0.15) is 69.8 Å². The lowest BCUT2D eigenvalue weighted by molar-refractivity contribution is -0.122. The number of rotatable bonds is 13. The molecule has 2 fully saturated rings. The van der Waals surface area contributed by atoms with Gasteiger partial charge in [0.2, 0.25) is 5.91 Å². The van der Waals surface area contributed by atoms with Crippen LogP contribution >= 0.6 is 0 Å². The second-order valence-electron chi connectivity index (χ2n) is 10.6. The molecule has 1 saturated carbocycles. The molecule has 2 aromatic carbocycles. The zero-order valence-electron chi connectivity index (χ0n) is 21.9. The molecule has 1 atom stereocenters. The second-order valence-corrected chi connectivity index (χ2v) is 13.0. The smallest absolute Gasteiger partial charge is 0.220 e. The lowest BCUT2D eigenvalue weighted by Crippen LogP contribution is -2.44. The van der Waals surface area contributed by atoms with Gasteiger partial charge in [0.15, 0.2) is 9.84 Å². The van der Waals surface area contributed by atoms with Crippen LogP contribution in [0.2, 0.25) is 0 Å². The van der Waals surface area contributed by atoms with E-state index in [-0.39, 0.29) is 23.0 Å². The number of unbranched alkanes of at least 4 members (excludes halogenated alkanes) is 1. The van der Waals surface area contributed by atoms with Gasteiger partial charge < -0.3 is 15.0 Å². The minimum atomic E-state index is -3.03. The second kappa shape index (κ2) is 14.0. The van der Waals surface area contributed by atoms with Crippen molar-refractivity contribution in [3.8, 4) is 11.5 Å². The molecule has 1 heterocycles. The van der Waals surface area contributed by atoms with Crippen LogP contribution < -0.4 is 10.1 Å². The molecular formula is C30H42N2O4S. The summed E-state index contributed by atoms with van der Waals surface area (Å²) in [4.78, 5) is 15.2. The van der Waals surface area contributed by atoms with Gasteiger partial charge in [-0.1, -0.05) is 49.6 Å². The molecule has 1 saturated heterocycles. The van der Waals surface area contributed by atoms with E-state index in [1.807, 2.05) is 42.5 Å². The molecule has 7 heteroatoms. The summed E-state index contributed by atoms with van der Waals surface area (Å²) in [6.45, 7) is 2.99. The van der Waals surface area contributed by atoms with E-state index in [9.17, 15) is 13.2 Å². The number of hydrogen-bond acceptors (Lipinski definition) is 5. The maximum atomic E-state index is 12.8. The number of likely N-dealkylation sites (tertiary alicyclic amines) is 1. The summed E-state index contributed by atoms with van der Waals surface area (Å²) in [6, 6.07) is 17.8. The van der Waals surface area contributed by atoms with Crippen molar-refractivity contribution in [1.29, 1.82) is 0 Å². The summed E-state index contributed by atoms with van der Waals surface area (Å²) < 4.78 is 31.1. The summed E-state index contributed by atoms with van der Waals surface area (Å²) in [5.74, 6) is 1.82. The molecule has 2 aromatic rings. The number of carbonyl (C=O) groups excluding carboxylic acids is 1. The summed E-state index contributed by atoms with van der Waals surface area (Å²) in [5.41, 5.74) is 1.16. The lowest BCUT2D eigenvalue weighted by Gasteiger charge is -2.25. The molecule has 1 aliphatic carbocycles. The first-order valence-corrected chi connectivity index (χ1v) is 15.7. The molecule has 202 valence electrons. The molecule has 37 heavy (non-hydrogen) atoms. The highest BCUT2D eigenvalue weighted by atomic mass is 32.2. The standard InChI is InChI=1S/C30H42N2O4S/c33-30(15-7-10-22-37(34,35)29-13-5-2-6-14-29)31-26(24-32-20-8-9-21-32)23-25-16-18-28(19-17-25)36-27-11-3-1-4-12-27/h1,3-4,11-12,16-19,26,29H,2,5-10,13-15,20-24H2,(H,31,33)/t26-/m0/s1. The molecule has 2 aliphatic rings. The average Bonchev–Trinajstić information content (AvgIpc) is 3.42. The predicted molar refractivity (Wildman–Crippen MR) is 149 cm³/mol. The van der Waals surface area contributed by atoms with Crippen molar-refractivity contribution in [3.05, 3.63) is 60.2 Å². The third-order valence-electron chi connectivity index (χ3n) is 7.57. The number of nitrogens with one attached hydrogen (secondary N) is 1. The average molecular weight is 527 g/mol. The first-order chi connectivity index (χ1) is 18.0. The van der Waals surface area contributed by atoms with Crippen LogP contribution in [0, 0.1) is 0 Å². The normalized spacial score (nSPS) is 17.9. The molecule has 1 aliphatic heterocycles. The SMILES string of the molecule is O=C(CCCCS(=O)(=O)C1CCCCC1)N[C@@H](Cc1ccc(Oc2ccccc2)cc1)CN1CCCC1. The predicted octanol–water partition coefficient (Wildman–Crippen LogP) is 5.52. The molecule has 0 bridgehead atoms. The third kappa shape index (κ3) is 9.15. The van der Waals surface area contributed by atoms with Crippen LogP contribution in [-0.4, -0.2) is 55.9 Å². The fourth-order valence-corrected chi connectivity index (χ4v) is 7.51. The van der Waals surface area contributed by atoms with Crippen LogP contribution in [0.4, 0.5) is 0 Å². The minimum Gasteiger partial charge on any atom is -0.457 e. The van der Waals surface area contributed by atoms with E-state index in [1.165, 1.54) is 12.8 Å². The Hall–Kier alpha value is -2.38. The molecule has 1 N–H and O–H groups in total. The van der Waals surface area contributed by atoms with E-state index < -0.39 is 9.84 Å². The molecule has 0 unspecified atom stereocenters. The van der Waals surface area contributed by atoms with E-state index in [0.717, 1.165) is 75.2 Å². The number of ether oxygens (including phenoxy) is 1. The van der Waals surface area contributed by atoms with Crippen LogP contribution in [0.25, 0.3) is 0 Å². The first-order valence-electron chi connectivity index (χ1n) is 14.0. The van der Waals surface area contributed by atoms with Crippen molar-refractivity contribution in [1.82, 2.24) is 10.2 Å². The van der Waals surface area contributed by atoms with Crippen molar-refractivity contribution in [3.63, 3.8) is 0 Å². The number of hydrogen-bond donors (Lipinski definition) is 1. The van der Waals surface area contributed by atoms with Crippen molar-refractivity contribution in [2.24, 2.45) is 0 Å². The van der Waals surface area contributed by atoms with Gasteiger partial charge in [-0.15, -0.1) is 0 Å². The number of para-hydroxylation sites is 1. The van der Waals surface area contributed by atoms with Gasteiger partial charge >= 0.3 is 0 Å². The maximum absolute atomic E-state index is 12.8. The maximum Gasteiger partial charge on any atom is 0.220 e. The number of nitrogens with zero attached hydrogens (tertiary/aromatic N) is 1. The van der Waals surface area contributed by atoms with Gasteiger partial charge in [0.1, 0.15) is 11.5 Å². The monoisotopic (exact) mass is 526 g/mol. The summed E-state index contributed by atoms with van der Waals surface area (Å²) >= 11 is 0. The quantitative estimate of drug-likeness (QED) is 0.348. The van der Waals surface area contributed by atoms with Gasteiger partial charge in [-0.25, -0.2) is 8.42 Å². The van der Waals surface area contributed by atoms with E-state index in [4.69, 9.17) is 4.74 Å². The molecular weight excluding hydrogens is 484 g/mol. The molecule has 4 rings (SSSR count). The van der Waals surface area contributed by atoms with Crippen molar-refractivity contribution in [2.45, 2.75) is 81.9 Å². The fourth-order valence-electron chi connectivity index (χ4n) is 5.52. The fraction of sp³-hybridized carbons (Fsp3) is 0.567. The third-order valence-corrected chi connectivity index (χ3v) is 9.91. The molecule has 0 radical (unpaired) electrons. The van der Waals surface area contributed by atoms with Crippen LogP contribution in [0.3, 0.4) is 0 Å². The number of amides is 1. The van der Waals surface area contributed by atoms with Crippen molar-refractivity contribution in [2.75, 3.05) is 25.4 Å². The Kier molecular flexibility index (Phi) is 10.4. The van der Waals surface area contributed by atoms with Crippen LogP contribution in [-0.2, 0) is 21.1 Å².